The third kappa shape index (κ3) is 3.90. The number of carbonyl (C=O) groups is 2. The van der Waals surface area contributed by atoms with Crippen LogP contribution in [0, 0.1) is 5.92 Å². The van der Waals surface area contributed by atoms with Crippen molar-refractivity contribution in [1.82, 2.24) is 15.2 Å². The number of hydrogen-bond acceptors (Lipinski definition) is 5. The van der Waals surface area contributed by atoms with E-state index in [1.165, 1.54) is 6.92 Å². The molecule has 6 nitrogen and oxygen atoms in total. The van der Waals surface area contributed by atoms with Crippen LogP contribution >= 0.6 is 11.3 Å². The quantitative estimate of drug-likeness (QED) is 0.908. The van der Waals surface area contributed by atoms with Gasteiger partial charge in [0.1, 0.15) is 11.1 Å². The molecule has 3 rings (SSSR count). The molecular weight excluding hydrogens is 314 g/mol. The van der Waals surface area contributed by atoms with E-state index in [9.17, 15) is 9.59 Å². The van der Waals surface area contributed by atoms with Crippen molar-refractivity contribution in [2.75, 3.05) is 19.7 Å². The summed E-state index contributed by atoms with van der Waals surface area (Å²) in [6.45, 7) is 3.64. The maximum Gasteiger partial charge on any atom is 0.251 e. The van der Waals surface area contributed by atoms with Crippen LogP contribution in [-0.4, -0.2) is 47.5 Å². The van der Waals surface area contributed by atoms with E-state index in [-0.39, 0.29) is 29.9 Å². The number of likely N-dealkylation sites (tertiary alicyclic amines) is 1. The van der Waals surface area contributed by atoms with E-state index in [1.807, 2.05) is 10.3 Å². The predicted octanol–water partition coefficient (Wildman–Crippen LogP) is 1.74. The van der Waals surface area contributed by atoms with Crippen molar-refractivity contribution in [3.8, 4) is 0 Å². The Morgan fingerprint density at radius 2 is 2.30 bits per heavy atom. The largest absolute Gasteiger partial charge is 0.368 e. The Hall–Kier alpha value is -1.47. The molecule has 2 amide bonds. The fraction of sp³-hybridized carbons (Fsp3) is 0.688. The van der Waals surface area contributed by atoms with Crippen LogP contribution in [0.5, 0.6) is 0 Å². The summed E-state index contributed by atoms with van der Waals surface area (Å²) < 4.78 is 5.53. The molecule has 2 saturated heterocycles. The smallest absolute Gasteiger partial charge is 0.251 e. The van der Waals surface area contributed by atoms with E-state index in [2.05, 4.69) is 10.3 Å². The topological polar surface area (TPSA) is 71.5 Å². The highest BCUT2D eigenvalue weighted by Crippen LogP contribution is 2.31. The Morgan fingerprint density at radius 1 is 1.43 bits per heavy atom. The van der Waals surface area contributed by atoms with E-state index < -0.39 is 0 Å². The van der Waals surface area contributed by atoms with E-state index in [1.54, 1.807) is 17.5 Å². The lowest BCUT2D eigenvalue weighted by atomic mass is 9.90. The van der Waals surface area contributed by atoms with E-state index in [0.29, 0.717) is 13.2 Å². The third-order valence-electron chi connectivity index (χ3n) is 4.52. The first-order valence-electron chi connectivity index (χ1n) is 8.22. The molecule has 0 aliphatic carbocycles. The molecule has 0 radical (unpaired) electrons. The highest BCUT2D eigenvalue weighted by Gasteiger charge is 2.35. The van der Waals surface area contributed by atoms with Gasteiger partial charge in [0, 0.05) is 44.1 Å². The minimum absolute atomic E-state index is 0.0622. The van der Waals surface area contributed by atoms with Crippen LogP contribution < -0.4 is 5.32 Å². The number of carbonyl (C=O) groups excluding carboxylic acids is 2. The number of piperidine rings is 1. The van der Waals surface area contributed by atoms with Crippen LogP contribution in [0.1, 0.15) is 43.7 Å². The van der Waals surface area contributed by atoms with Gasteiger partial charge in [-0.25, -0.2) is 4.98 Å². The molecule has 3 atom stereocenters. The minimum Gasteiger partial charge on any atom is -0.368 e. The van der Waals surface area contributed by atoms with Gasteiger partial charge in [0.25, 0.3) is 5.91 Å². The molecule has 2 fully saturated rings. The lowest BCUT2D eigenvalue weighted by Crippen LogP contribution is -2.48. The second kappa shape index (κ2) is 7.40. The summed E-state index contributed by atoms with van der Waals surface area (Å²) in [5.41, 5.74) is 0. The number of rotatable bonds is 4. The summed E-state index contributed by atoms with van der Waals surface area (Å²) in [4.78, 5) is 30.4. The summed E-state index contributed by atoms with van der Waals surface area (Å²) in [5, 5.41) is 5.85. The van der Waals surface area contributed by atoms with Crippen molar-refractivity contribution in [2.24, 2.45) is 5.92 Å². The van der Waals surface area contributed by atoms with Gasteiger partial charge in [-0.3, -0.25) is 9.59 Å². The standard InChI is InChI=1S/C16H23N3O3S/c1-11(20)18-14(15-17-6-9-23-15)12-4-2-7-19(10-12)16(21)13-5-3-8-22-13/h6,9,12-14H,2-5,7-8,10H2,1H3,(H,18,20). The molecule has 1 aromatic rings. The van der Waals surface area contributed by atoms with Crippen molar-refractivity contribution in [3.05, 3.63) is 16.6 Å². The molecule has 1 N–H and O–H groups in total. The lowest BCUT2D eigenvalue weighted by Gasteiger charge is -2.37. The Kier molecular flexibility index (Phi) is 5.27. The van der Waals surface area contributed by atoms with Gasteiger partial charge in [-0.05, 0) is 25.7 Å². The zero-order valence-electron chi connectivity index (χ0n) is 13.4. The maximum absolute atomic E-state index is 12.6. The van der Waals surface area contributed by atoms with Gasteiger partial charge >= 0.3 is 0 Å². The second-order valence-corrected chi connectivity index (χ2v) is 7.16. The monoisotopic (exact) mass is 337 g/mol. The van der Waals surface area contributed by atoms with Crippen molar-refractivity contribution in [2.45, 2.75) is 44.8 Å². The van der Waals surface area contributed by atoms with Crippen LogP contribution in [0.3, 0.4) is 0 Å². The fourth-order valence-corrected chi connectivity index (χ4v) is 4.23. The highest BCUT2D eigenvalue weighted by atomic mass is 32.1. The van der Waals surface area contributed by atoms with Gasteiger partial charge < -0.3 is 15.0 Å². The molecule has 2 aliphatic heterocycles. The van der Waals surface area contributed by atoms with Crippen molar-refractivity contribution < 1.29 is 14.3 Å². The zero-order valence-corrected chi connectivity index (χ0v) is 14.2. The number of aromatic nitrogens is 1. The Morgan fingerprint density at radius 3 is 2.96 bits per heavy atom. The first-order valence-corrected chi connectivity index (χ1v) is 9.10. The molecular formula is C16H23N3O3S. The molecule has 3 heterocycles. The summed E-state index contributed by atoms with van der Waals surface area (Å²) in [6, 6.07) is -0.118. The summed E-state index contributed by atoms with van der Waals surface area (Å²) in [6.07, 6.45) is 5.20. The predicted molar refractivity (Wildman–Crippen MR) is 86.9 cm³/mol. The van der Waals surface area contributed by atoms with Crippen molar-refractivity contribution in [3.63, 3.8) is 0 Å². The maximum atomic E-state index is 12.6. The Labute approximate surface area is 140 Å². The van der Waals surface area contributed by atoms with Crippen molar-refractivity contribution in [1.29, 1.82) is 0 Å². The van der Waals surface area contributed by atoms with E-state index in [4.69, 9.17) is 4.74 Å². The highest BCUT2D eigenvalue weighted by molar-refractivity contribution is 7.09. The molecule has 23 heavy (non-hydrogen) atoms. The van der Waals surface area contributed by atoms with Gasteiger partial charge in [-0.1, -0.05) is 0 Å². The Bertz CT molecular complexity index is 543. The average Bonchev–Trinajstić information content (AvgIpc) is 3.25. The Balaban J connectivity index is 1.70. The molecule has 0 spiro atoms. The molecule has 0 bridgehead atoms. The van der Waals surface area contributed by atoms with Crippen LogP contribution in [-0.2, 0) is 14.3 Å². The molecule has 0 aromatic carbocycles. The van der Waals surface area contributed by atoms with Crippen LogP contribution in [0.25, 0.3) is 0 Å². The number of nitrogens with zero attached hydrogens (tertiary/aromatic N) is 2. The SMILES string of the molecule is CC(=O)NC(c1nccs1)C1CCCN(C(=O)C2CCCO2)C1. The molecule has 0 saturated carbocycles. The number of thiazole rings is 1. The lowest BCUT2D eigenvalue weighted by molar-refractivity contribution is -0.143. The summed E-state index contributed by atoms with van der Waals surface area (Å²) in [5.74, 6) is 0.241. The fourth-order valence-electron chi connectivity index (χ4n) is 3.45. The third-order valence-corrected chi connectivity index (χ3v) is 5.38. The normalized spacial score (nSPS) is 26.0. The van der Waals surface area contributed by atoms with Crippen LogP contribution in [0.15, 0.2) is 11.6 Å². The second-order valence-electron chi connectivity index (χ2n) is 6.24. The van der Waals surface area contributed by atoms with E-state index >= 15 is 0 Å². The van der Waals surface area contributed by atoms with Gasteiger partial charge in [0.05, 0.1) is 6.04 Å². The van der Waals surface area contributed by atoms with E-state index in [0.717, 1.165) is 37.2 Å². The van der Waals surface area contributed by atoms with Crippen LogP contribution in [0.4, 0.5) is 0 Å². The zero-order chi connectivity index (χ0) is 16.2. The molecule has 1 aromatic heterocycles. The average molecular weight is 337 g/mol. The van der Waals surface area contributed by atoms with Crippen LogP contribution in [0.2, 0.25) is 0 Å². The first kappa shape index (κ1) is 16.4. The first-order chi connectivity index (χ1) is 11.1. The molecule has 3 unspecified atom stereocenters. The summed E-state index contributed by atoms with van der Waals surface area (Å²) >= 11 is 1.55. The van der Waals surface area contributed by atoms with Gasteiger partial charge in [0.15, 0.2) is 0 Å². The van der Waals surface area contributed by atoms with Gasteiger partial charge in [-0.2, -0.15) is 0 Å². The van der Waals surface area contributed by atoms with Gasteiger partial charge in [-0.15, -0.1) is 11.3 Å². The minimum atomic E-state index is -0.271. The number of hydrogen-bond donors (Lipinski definition) is 1. The number of amides is 2. The molecule has 2 aliphatic rings. The summed E-state index contributed by atoms with van der Waals surface area (Å²) in [7, 11) is 0. The molecule has 7 heteroatoms. The number of ether oxygens (including phenoxy) is 1. The van der Waals surface area contributed by atoms with Gasteiger partial charge in [0.2, 0.25) is 5.91 Å². The van der Waals surface area contributed by atoms with Crippen molar-refractivity contribution >= 4 is 23.2 Å². The molecule has 126 valence electrons. The number of nitrogens with one attached hydrogen (secondary N) is 1.